The number of nitrogens with zero attached hydrogens (tertiary/aromatic N) is 1. The third-order valence-corrected chi connectivity index (χ3v) is 9.18. The molecule has 1 aromatic rings. The number of aliphatic hydroxyl groups is 1. The van der Waals surface area contributed by atoms with Crippen LogP contribution < -0.4 is 37.6 Å². The Kier molecular flexibility index (Phi) is 19.2. The molecule has 1 heterocycles. The number of rotatable bonds is 23. The van der Waals surface area contributed by atoms with Crippen molar-refractivity contribution in [3.8, 4) is 5.75 Å². The van der Waals surface area contributed by atoms with Gasteiger partial charge < -0.3 is 53.0 Å². The van der Waals surface area contributed by atoms with Crippen LogP contribution in [-0.2, 0) is 40.0 Å². The summed E-state index contributed by atoms with van der Waals surface area (Å²) in [6.07, 6.45) is 2.66. The van der Waals surface area contributed by atoms with Crippen LogP contribution in [0.1, 0.15) is 72.3 Å². The molecule has 0 unspecified atom stereocenters. The monoisotopic (exact) mass is 774 g/mol. The van der Waals surface area contributed by atoms with Crippen LogP contribution in [0.15, 0.2) is 29.3 Å². The maximum absolute atomic E-state index is 13.5. The largest absolute Gasteiger partial charge is 0.508 e. The summed E-state index contributed by atoms with van der Waals surface area (Å²) in [5, 5.41) is 44.2. The average molecular weight is 775 g/mol. The predicted molar refractivity (Wildman–Crippen MR) is 202 cm³/mol. The number of nitrogens with two attached hydrogens (primary N) is 1. The zero-order valence-electron chi connectivity index (χ0n) is 32.2. The molecule has 18 nitrogen and oxygen atoms in total. The highest BCUT2D eigenvalue weighted by Crippen LogP contribution is 2.15. The highest BCUT2D eigenvalue weighted by molar-refractivity contribution is 5.95. The average Bonchev–Trinajstić information content (AvgIpc) is 3.57. The molecule has 8 atom stereocenters. The van der Waals surface area contributed by atoms with Gasteiger partial charge in [0.25, 0.3) is 0 Å². The fourth-order valence-corrected chi connectivity index (χ4v) is 5.83. The minimum atomic E-state index is -1.62. The number of nitrogens with one attached hydrogen (secondary N) is 6. The summed E-state index contributed by atoms with van der Waals surface area (Å²) in [6, 6.07) is 0.00877. The Morgan fingerprint density at radius 2 is 1.64 bits per heavy atom. The number of carbonyl (C=O) groups excluding carboxylic acids is 6. The van der Waals surface area contributed by atoms with Gasteiger partial charge in [0.05, 0.1) is 25.2 Å². The van der Waals surface area contributed by atoms with E-state index in [-0.39, 0.29) is 42.9 Å². The number of phenols is 1. The Bertz CT molecular complexity index is 1500. The SMILES string of the molecule is CC[C@H](C)[C@H](NC(=O)[C@@H](CCC(N)=O)NC(=O)CNC(=O)[C@H](Cc1ccc(O)cc1)N=C[C@H](CC(C)C)NC(=O)[C@@H]1C[C@H](C)CN1)C(=O)N[C@@H](CO)C(=O)O. The number of amides is 6. The lowest BCUT2D eigenvalue weighted by Crippen LogP contribution is -2.58. The third kappa shape index (κ3) is 16.4. The molecular formula is C37H58N8O10. The number of benzene rings is 1. The topological polar surface area (TPSA) is 291 Å². The van der Waals surface area contributed by atoms with E-state index in [0.717, 1.165) is 6.54 Å². The molecule has 306 valence electrons. The lowest BCUT2D eigenvalue weighted by molar-refractivity contribution is -0.143. The number of aliphatic hydroxyl groups excluding tert-OH is 1. The quantitative estimate of drug-likeness (QED) is 0.0593. The number of aromatic hydroxyl groups is 1. The molecule has 0 aromatic heterocycles. The third-order valence-electron chi connectivity index (χ3n) is 9.18. The normalized spacial score (nSPS) is 18.7. The van der Waals surface area contributed by atoms with Crippen LogP contribution in [0, 0.1) is 17.8 Å². The van der Waals surface area contributed by atoms with Gasteiger partial charge in [0.15, 0.2) is 0 Å². The first-order valence-electron chi connectivity index (χ1n) is 18.6. The van der Waals surface area contributed by atoms with Crippen LogP contribution in [-0.4, -0.2) is 119 Å². The Morgan fingerprint density at radius 3 is 2.18 bits per heavy atom. The van der Waals surface area contributed by atoms with E-state index in [0.29, 0.717) is 30.7 Å². The summed E-state index contributed by atoms with van der Waals surface area (Å²) in [5.74, 6) is -5.57. The van der Waals surface area contributed by atoms with Gasteiger partial charge in [0.2, 0.25) is 35.4 Å². The van der Waals surface area contributed by atoms with Gasteiger partial charge in [-0.25, -0.2) is 4.79 Å². The smallest absolute Gasteiger partial charge is 0.328 e. The molecular weight excluding hydrogens is 716 g/mol. The number of primary amides is 1. The van der Waals surface area contributed by atoms with E-state index in [1.54, 1.807) is 26.0 Å². The number of hydrogen-bond donors (Lipinski definition) is 10. The molecule has 1 fully saturated rings. The fraction of sp³-hybridized carbons (Fsp3) is 0.622. The molecule has 1 aliphatic rings. The maximum atomic E-state index is 13.5. The van der Waals surface area contributed by atoms with Gasteiger partial charge in [-0.05, 0) is 61.3 Å². The summed E-state index contributed by atoms with van der Waals surface area (Å²) < 4.78 is 0. The molecule has 0 saturated carbocycles. The number of phenolic OH excluding ortho intramolecular Hbond substituents is 1. The van der Waals surface area contributed by atoms with Crippen LogP contribution in [0.25, 0.3) is 0 Å². The highest BCUT2D eigenvalue weighted by atomic mass is 16.4. The number of carboxylic acid groups (broad SMARTS) is 1. The molecule has 55 heavy (non-hydrogen) atoms. The van der Waals surface area contributed by atoms with Gasteiger partial charge in [-0.1, -0.05) is 53.2 Å². The van der Waals surface area contributed by atoms with E-state index < -0.39 is 84.8 Å². The maximum Gasteiger partial charge on any atom is 0.328 e. The van der Waals surface area contributed by atoms with Crippen molar-refractivity contribution in [2.24, 2.45) is 28.5 Å². The number of aliphatic imine (C=N–C) groups is 1. The Labute approximate surface area is 321 Å². The minimum Gasteiger partial charge on any atom is -0.508 e. The molecule has 18 heteroatoms. The van der Waals surface area contributed by atoms with Crippen LogP contribution in [0.3, 0.4) is 0 Å². The summed E-state index contributed by atoms with van der Waals surface area (Å²) >= 11 is 0. The van der Waals surface area contributed by atoms with Gasteiger partial charge in [-0.3, -0.25) is 33.8 Å². The molecule has 0 spiro atoms. The standard InChI is InChI=1S/C37H58N8O10/c1-6-22(5)32(36(53)44-29(19-46)37(54)55)45-34(51)26(11-12-30(38)48)43-31(49)18-41-33(50)28(15-23-7-9-25(47)10-8-23)40-17-24(13-20(2)3)42-35(52)27-14-21(4)16-39-27/h7-10,17,20-22,24,26-29,32,39,46-47H,6,11-16,18-19H2,1-5H3,(H2,38,48)(H,41,50)(H,42,52)(H,43,49)(H,44,53)(H,45,51)(H,54,55)/t21-,22-,24-,26+,27-,28-,29-,32-/m0/s1. The number of carboxylic acids is 1. The van der Waals surface area contributed by atoms with E-state index in [1.807, 2.05) is 13.8 Å². The van der Waals surface area contributed by atoms with Crippen molar-refractivity contribution < 1.29 is 48.9 Å². The first-order valence-corrected chi connectivity index (χ1v) is 18.6. The van der Waals surface area contributed by atoms with Crippen molar-refractivity contribution in [3.63, 3.8) is 0 Å². The molecule has 0 bridgehead atoms. The first-order chi connectivity index (χ1) is 25.9. The summed E-state index contributed by atoms with van der Waals surface area (Å²) in [5.41, 5.74) is 5.95. The molecule has 0 aliphatic carbocycles. The number of carbonyl (C=O) groups is 7. The van der Waals surface area contributed by atoms with Crippen LogP contribution in [0.5, 0.6) is 5.75 Å². The molecule has 2 rings (SSSR count). The van der Waals surface area contributed by atoms with E-state index >= 15 is 0 Å². The fourth-order valence-electron chi connectivity index (χ4n) is 5.83. The number of aliphatic carboxylic acids is 1. The Morgan fingerprint density at radius 1 is 0.964 bits per heavy atom. The predicted octanol–water partition coefficient (Wildman–Crippen LogP) is -1.14. The van der Waals surface area contributed by atoms with Crippen molar-refractivity contribution in [3.05, 3.63) is 29.8 Å². The Hall–Kier alpha value is -5.10. The van der Waals surface area contributed by atoms with E-state index in [4.69, 9.17) is 5.73 Å². The highest BCUT2D eigenvalue weighted by Gasteiger charge is 2.33. The van der Waals surface area contributed by atoms with Crippen molar-refractivity contribution in [2.75, 3.05) is 19.7 Å². The molecule has 1 saturated heterocycles. The second-order valence-electron chi connectivity index (χ2n) is 14.5. The lowest BCUT2D eigenvalue weighted by atomic mass is 9.97. The van der Waals surface area contributed by atoms with E-state index in [9.17, 15) is 48.9 Å². The van der Waals surface area contributed by atoms with E-state index in [1.165, 1.54) is 18.3 Å². The minimum absolute atomic E-state index is 0.0279. The second-order valence-corrected chi connectivity index (χ2v) is 14.5. The van der Waals surface area contributed by atoms with Crippen molar-refractivity contribution >= 4 is 47.6 Å². The van der Waals surface area contributed by atoms with Gasteiger partial charge >= 0.3 is 5.97 Å². The summed E-state index contributed by atoms with van der Waals surface area (Å²) in [7, 11) is 0. The zero-order chi connectivity index (χ0) is 41.2. The van der Waals surface area contributed by atoms with Gasteiger partial charge in [-0.2, -0.15) is 0 Å². The van der Waals surface area contributed by atoms with Crippen LogP contribution >= 0.6 is 0 Å². The van der Waals surface area contributed by atoms with E-state index in [2.05, 4.69) is 43.8 Å². The zero-order valence-corrected chi connectivity index (χ0v) is 32.2. The van der Waals surface area contributed by atoms with Gasteiger partial charge in [0, 0.05) is 19.1 Å². The van der Waals surface area contributed by atoms with Gasteiger partial charge in [-0.15, -0.1) is 0 Å². The summed E-state index contributed by atoms with van der Waals surface area (Å²) in [6.45, 7) is 8.64. The lowest BCUT2D eigenvalue weighted by Gasteiger charge is -2.27. The molecule has 11 N–H and O–H groups in total. The second kappa shape index (κ2) is 23.0. The van der Waals surface area contributed by atoms with Crippen molar-refractivity contribution in [1.29, 1.82) is 0 Å². The molecule has 0 radical (unpaired) electrons. The van der Waals surface area contributed by atoms with Gasteiger partial charge in [0.1, 0.15) is 29.9 Å². The Balaban J connectivity index is 2.23. The molecule has 1 aliphatic heterocycles. The van der Waals surface area contributed by atoms with Crippen LogP contribution in [0.4, 0.5) is 0 Å². The summed E-state index contributed by atoms with van der Waals surface area (Å²) in [4.78, 5) is 93.6. The van der Waals surface area contributed by atoms with Crippen molar-refractivity contribution in [1.82, 2.24) is 31.9 Å². The first kappa shape index (κ1) is 46.1. The van der Waals surface area contributed by atoms with Crippen molar-refractivity contribution in [2.45, 2.75) is 109 Å². The molecule has 6 amide bonds. The molecule has 1 aromatic carbocycles. The van der Waals surface area contributed by atoms with Crippen LogP contribution in [0.2, 0.25) is 0 Å². The number of hydrogen-bond acceptors (Lipinski definition) is 11.